The number of hydrogen-bond acceptors (Lipinski definition) is 3. The van der Waals surface area contributed by atoms with E-state index in [1.165, 1.54) is 0 Å². The van der Waals surface area contributed by atoms with E-state index < -0.39 is 7.60 Å². The molecule has 0 N–H and O–H groups in total. The molecule has 4 heteroatoms. The first-order valence-electron chi connectivity index (χ1n) is 4.30. The summed E-state index contributed by atoms with van der Waals surface area (Å²) in [6, 6.07) is 0. The van der Waals surface area contributed by atoms with Crippen molar-refractivity contribution in [2.45, 2.75) is 46.8 Å². The largest absolute Gasteiger partial charge is 0.406 e. The SMILES string of the molecule is CC#CP(=O)(OC(C)C)OC(C)C. The minimum Gasteiger partial charge on any atom is -0.297 e. The number of hydrogen-bond donors (Lipinski definition) is 0. The van der Waals surface area contributed by atoms with Crippen molar-refractivity contribution >= 4 is 7.60 Å². The molecule has 76 valence electrons. The van der Waals surface area contributed by atoms with Crippen LogP contribution >= 0.6 is 7.60 Å². The average Bonchev–Trinajstić information content (AvgIpc) is 1.81. The third-order valence-corrected chi connectivity index (χ3v) is 2.84. The van der Waals surface area contributed by atoms with Crippen LogP contribution in [0.15, 0.2) is 0 Å². The zero-order valence-corrected chi connectivity index (χ0v) is 9.72. The summed E-state index contributed by atoms with van der Waals surface area (Å²) in [5.74, 6) is 2.56. The van der Waals surface area contributed by atoms with Crippen LogP contribution in [0.1, 0.15) is 34.6 Å². The van der Waals surface area contributed by atoms with E-state index in [4.69, 9.17) is 9.05 Å². The van der Waals surface area contributed by atoms with Gasteiger partial charge in [0.1, 0.15) is 0 Å². The zero-order chi connectivity index (χ0) is 10.5. The Bertz CT molecular complexity index is 233. The van der Waals surface area contributed by atoms with Crippen LogP contribution in [-0.2, 0) is 13.6 Å². The van der Waals surface area contributed by atoms with Crippen LogP contribution in [0.3, 0.4) is 0 Å². The standard InChI is InChI=1S/C9H17O3P/c1-6-7-13(10,11-8(2)3)12-9(4)5/h8-9H,1-5H3. The van der Waals surface area contributed by atoms with Crippen molar-refractivity contribution in [3.63, 3.8) is 0 Å². The van der Waals surface area contributed by atoms with Gasteiger partial charge in [0, 0.05) is 5.66 Å². The molecule has 0 rings (SSSR count). The summed E-state index contributed by atoms with van der Waals surface area (Å²) in [4.78, 5) is 0. The first kappa shape index (κ1) is 12.7. The van der Waals surface area contributed by atoms with Gasteiger partial charge in [-0.15, -0.1) is 0 Å². The molecule has 0 heterocycles. The molecule has 0 atom stereocenters. The highest BCUT2D eigenvalue weighted by molar-refractivity contribution is 7.59. The first-order chi connectivity index (χ1) is 5.89. The van der Waals surface area contributed by atoms with Crippen molar-refractivity contribution < 1.29 is 13.6 Å². The van der Waals surface area contributed by atoms with Crippen molar-refractivity contribution in [1.29, 1.82) is 0 Å². The molecule has 3 nitrogen and oxygen atoms in total. The molecule has 13 heavy (non-hydrogen) atoms. The second kappa shape index (κ2) is 5.44. The van der Waals surface area contributed by atoms with Crippen molar-refractivity contribution in [3.05, 3.63) is 0 Å². The second-order valence-corrected chi connectivity index (χ2v) is 4.81. The summed E-state index contributed by atoms with van der Waals surface area (Å²) in [7, 11) is -3.19. The van der Waals surface area contributed by atoms with Crippen molar-refractivity contribution in [1.82, 2.24) is 0 Å². The molecule has 0 unspecified atom stereocenters. The molecule has 0 spiro atoms. The highest BCUT2D eigenvalue weighted by Gasteiger charge is 2.24. The molecule has 0 radical (unpaired) electrons. The molecule has 0 aromatic heterocycles. The van der Waals surface area contributed by atoms with E-state index >= 15 is 0 Å². The maximum Gasteiger partial charge on any atom is 0.406 e. The minimum atomic E-state index is -3.19. The van der Waals surface area contributed by atoms with E-state index in [1.54, 1.807) is 34.6 Å². The van der Waals surface area contributed by atoms with Gasteiger partial charge in [-0.2, -0.15) is 0 Å². The molecule has 0 amide bonds. The Morgan fingerprint density at radius 1 is 1.08 bits per heavy atom. The highest BCUT2D eigenvalue weighted by atomic mass is 31.2. The van der Waals surface area contributed by atoms with Gasteiger partial charge in [-0.05, 0) is 34.6 Å². The van der Waals surface area contributed by atoms with Gasteiger partial charge in [-0.1, -0.05) is 5.92 Å². The highest BCUT2D eigenvalue weighted by Crippen LogP contribution is 2.49. The fraction of sp³-hybridized carbons (Fsp3) is 0.778. The zero-order valence-electron chi connectivity index (χ0n) is 8.83. The Labute approximate surface area is 80.3 Å². The molecule has 0 aliphatic carbocycles. The molecule has 0 bridgehead atoms. The Morgan fingerprint density at radius 3 is 1.69 bits per heavy atom. The van der Waals surface area contributed by atoms with Crippen LogP contribution in [0.4, 0.5) is 0 Å². The van der Waals surface area contributed by atoms with Gasteiger partial charge in [0.05, 0.1) is 12.2 Å². The fourth-order valence-electron chi connectivity index (χ4n) is 0.770. The van der Waals surface area contributed by atoms with E-state index in [0.717, 1.165) is 0 Å². The van der Waals surface area contributed by atoms with Crippen molar-refractivity contribution in [2.75, 3.05) is 0 Å². The average molecular weight is 204 g/mol. The normalized spacial score (nSPS) is 11.6. The van der Waals surface area contributed by atoms with Gasteiger partial charge in [0.2, 0.25) is 0 Å². The van der Waals surface area contributed by atoms with Crippen LogP contribution < -0.4 is 0 Å². The maximum absolute atomic E-state index is 11.8. The van der Waals surface area contributed by atoms with E-state index in [2.05, 4.69) is 11.6 Å². The van der Waals surface area contributed by atoms with E-state index in [-0.39, 0.29) is 12.2 Å². The molecular formula is C9H17O3P. The lowest BCUT2D eigenvalue weighted by molar-refractivity contribution is 0.151. The van der Waals surface area contributed by atoms with Crippen molar-refractivity contribution in [3.8, 4) is 11.6 Å². The van der Waals surface area contributed by atoms with Crippen molar-refractivity contribution in [2.24, 2.45) is 0 Å². The molecule has 0 saturated carbocycles. The van der Waals surface area contributed by atoms with Gasteiger partial charge < -0.3 is 0 Å². The predicted octanol–water partition coefficient (Wildman–Crippen LogP) is 3.01. The second-order valence-electron chi connectivity index (χ2n) is 3.17. The van der Waals surface area contributed by atoms with Crippen LogP contribution in [0, 0.1) is 11.6 Å². The molecule has 0 fully saturated rings. The molecule has 0 aromatic carbocycles. The summed E-state index contributed by atoms with van der Waals surface area (Å²) in [5.41, 5.74) is 2.48. The van der Waals surface area contributed by atoms with Gasteiger partial charge in [-0.25, -0.2) is 4.57 Å². The van der Waals surface area contributed by atoms with E-state index in [9.17, 15) is 4.57 Å². The van der Waals surface area contributed by atoms with E-state index in [1.807, 2.05) is 0 Å². The Hall–Kier alpha value is -0.290. The summed E-state index contributed by atoms with van der Waals surface area (Å²) >= 11 is 0. The molecule has 0 saturated heterocycles. The molecule has 0 aliphatic rings. The molecule has 0 aliphatic heterocycles. The lowest BCUT2D eigenvalue weighted by Gasteiger charge is -2.17. The summed E-state index contributed by atoms with van der Waals surface area (Å²) in [5, 5.41) is 0. The first-order valence-corrected chi connectivity index (χ1v) is 5.84. The Morgan fingerprint density at radius 2 is 1.46 bits per heavy atom. The van der Waals surface area contributed by atoms with Gasteiger partial charge in [0.25, 0.3) is 0 Å². The third kappa shape index (κ3) is 5.87. The summed E-state index contributed by atoms with van der Waals surface area (Å²) < 4.78 is 22.1. The van der Waals surface area contributed by atoms with E-state index in [0.29, 0.717) is 0 Å². The Kier molecular flexibility index (Phi) is 5.32. The fourth-order valence-corrected chi connectivity index (χ4v) is 2.31. The number of rotatable bonds is 4. The topological polar surface area (TPSA) is 35.5 Å². The van der Waals surface area contributed by atoms with Gasteiger partial charge in [-0.3, -0.25) is 9.05 Å². The Balaban J connectivity index is 4.51. The van der Waals surface area contributed by atoms with Gasteiger partial charge in [0.15, 0.2) is 0 Å². The predicted molar refractivity (Wildman–Crippen MR) is 53.5 cm³/mol. The van der Waals surface area contributed by atoms with Crippen LogP contribution in [0.5, 0.6) is 0 Å². The minimum absolute atomic E-state index is 0.148. The summed E-state index contributed by atoms with van der Waals surface area (Å²) in [6.07, 6.45) is -0.295. The lowest BCUT2D eigenvalue weighted by atomic mass is 10.5. The van der Waals surface area contributed by atoms with Crippen LogP contribution in [-0.4, -0.2) is 12.2 Å². The van der Waals surface area contributed by atoms with Gasteiger partial charge >= 0.3 is 7.60 Å². The smallest absolute Gasteiger partial charge is 0.297 e. The third-order valence-electron chi connectivity index (χ3n) is 0.948. The van der Waals surface area contributed by atoms with Crippen LogP contribution in [0.25, 0.3) is 0 Å². The van der Waals surface area contributed by atoms with Crippen LogP contribution in [0.2, 0.25) is 0 Å². The molecular weight excluding hydrogens is 187 g/mol. The monoisotopic (exact) mass is 204 g/mol. The molecule has 0 aromatic rings. The quantitative estimate of drug-likeness (QED) is 0.521. The lowest BCUT2D eigenvalue weighted by Crippen LogP contribution is -2.06. The maximum atomic E-state index is 11.8. The summed E-state index contributed by atoms with van der Waals surface area (Å²) in [6.45, 7) is 8.81.